The number of nitrogens with one attached hydrogen (secondary N) is 1. The highest BCUT2D eigenvalue weighted by molar-refractivity contribution is 4.78. The molecule has 0 aromatic heterocycles. The van der Waals surface area contributed by atoms with Crippen LogP contribution in [0.4, 0.5) is 0 Å². The molecule has 1 nitrogen and oxygen atoms in total. The second-order valence-corrected chi connectivity index (χ2v) is 5.70. The van der Waals surface area contributed by atoms with Crippen LogP contribution in [0, 0.1) is 17.3 Å². The standard InChI is InChI=1S/C13H29N/c1-8-11(4)12(5)14-9-13(6,7)10(2)3/h10-12,14H,8-9H2,1-7H3. The molecule has 0 spiro atoms. The molecule has 0 fully saturated rings. The summed E-state index contributed by atoms with van der Waals surface area (Å²) >= 11 is 0. The average Bonchev–Trinajstić information content (AvgIpc) is 2.12. The first-order chi connectivity index (χ1) is 6.31. The predicted molar refractivity (Wildman–Crippen MR) is 65.5 cm³/mol. The van der Waals surface area contributed by atoms with Gasteiger partial charge in [-0.25, -0.2) is 0 Å². The first kappa shape index (κ1) is 14.0. The van der Waals surface area contributed by atoms with Crippen molar-refractivity contribution in [3.8, 4) is 0 Å². The van der Waals surface area contributed by atoms with Crippen molar-refractivity contribution >= 4 is 0 Å². The summed E-state index contributed by atoms with van der Waals surface area (Å²) in [6.07, 6.45) is 1.26. The van der Waals surface area contributed by atoms with Crippen LogP contribution in [0.15, 0.2) is 0 Å². The van der Waals surface area contributed by atoms with Crippen molar-refractivity contribution in [2.75, 3.05) is 6.54 Å². The molecule has 1 N–H and O–H groups in total. The topological polar surface area (TPSA) is 12.0 Å². The van der Waals surface area contributed by atoms with Gasteiger partial charge in [-0.05, 0) is 24.2 Å². The second-order valence-electron chi connectivity index (χ2n) is 5.70. The van der Waals surface area contributed by atoms with Gasteiger partial charge in [0.25, 0.3) is 0 Å². The summed E-state index contributed by atoms with van der Waals surface area (Å²) in [5, 5.41) is 3.65. The first-order valence-electron chi connectivity index (χ1n) is 6.04. The SMILES string of the molecule is CCC(C)C(C)NCC(C)(C)C(C)C. The Morgan fingerprint density at radius 1 is 1.07 bits per heavy atom. The maximum absolute atomic E-state index is 3.65. The molecule has 0 aliphatic carbocycles. The average molecular weight is 199 g/mol. The minimum atomic E-state index is 0.404. The molecule has 2 unspecified atom stereocenters. The van der Waals surface area contributed by atoms with Crippen LogP contribution >= 0.6 is 0 Å². The van der Waals surface area contributed by atoms with Gasteiger partial charge in [0.05, 0.1) is 0 Å². The van der Waals surface area contributed by atoms with Gasteiger partial charge < -0.3 is 5.32 Å². The van der Waals surface area contributed by atoms with Crippen LogP contribution in [-0.4, -0.2) is 12.6 Å². The lowest BCUT2D eigenvalue weighted by Crippen LogP contribution is -2.40. The third-order valence-corrected chi connectivity index (χ3v) is 3.94. The summed E-state index contributed by atoms with van der Waals surface area (Å²) in [7, 11) is 0. The highest BCUT2D eigenvalue weighted by Gasteiger charge is 2.23. The van der Waals surface area contributed by atoms with E-state index < -0.39 is 0 Å². The van der Waals surface area contributed by atoms with Gasteiger partial charge in [-0.15, -0.1) is 0 Å². The third-order valence-electron chi connectivity index (χ3n) is 3.94. The van der Waals surface area contributed by atoms with Gasteiger partial charge in [-0.1, -0.05) is 48.0 Å². The zero-order valence-corrected chi connectivity index (χ0v) is 11.1. The van der Waals surface area contributed by atoms with Gasteiger partial charge >= 0.3 is 0 Å². The molecule has 0 aliphatic rings. The van der Waals surface area contributed by atoms with Crippen molar-refractivity contribution in [2.45, 2.75) is 60.9 Å². The molecule has 1 heteroatoms. The maximum Gasteiger partial charge on any atom is 0.00644 e. The maximum atomic E-state index is 3.65. The molecular formula is C13H29N. The lowest BCUT2D eigenvalue weighted by Gasteiger charge is -2.32. The fourth-order valence-electron chi connectivity index (χ4n) is 1.18. The van der Waals surface area contributed by atoms with Crippen molar-refractivity contribution in [3.05, 3.63) is 0 Å². The Balaban J connectivity index is 3.93. The van der Waals surface area contributed by atoms with E-state index in [1.807, 2.05) is 0 Å². The van der Waals surface area contributed by atoms with Crippen LogP contribution in [0.3, 0.4) is 0 Å². The quantitative estimate of drug-likeness (QED) is 0.688. The van der Waals surface area contributed by atoms with E-state index in [0.717, 1.165) is 18.4 Å². The molecule has 2 atom stereocenters. The summed E-state index contributed by atoms with van der Waals surface area (Å²) in [5.41, 5.74) is 0.404. The third kappa shape index (κ3) is 4.45. The Bertz CT molecular complexity index is 149. The molecule has 14 heavy (non-hydrogen) atoms. The van der Waals surface area contributed by atoms with E-state index in [1.165, 1.54) is 6.42 Å². The Morgan fingerprint density at radius 2 is 1.57 bits per heavy atom. The number of hydrogen-bond donors (Lipinski definition) is 1. The zero-order chi connectivity index (χ0) is 11.4. The smallest absolute Gasteiger partial charge is 0.00644 e. The molecule has 0 aliphatic heterocycles. The molecule has 0 bridgehead atoms. The van der Waals surface area contributed by atoms with E-state index in [1.54, 1.807) is 0 Å². The molecule has 0 saturated carbocycles. The summed E-state index contributed by atoms with van der Waals surface area (Å²) in [6, 6.07) is 0.637. The lowest BCUT2D eigenvalue weighted by atomic mass is 9.81. The van der Waals surface area contributed by atoms with Crippen molar-refractivity contribution in [1.29, 1.82) is 0 Å². The first-order valence-corrected chi connectivity index (χ1v) is 6.04. The summed E-state index contributed by atoms with van der Waals surface area (Å²) in [5.74, 6) is 1.51. The van der Waals surface area contributed by atoms with Crippen molar-refractivity contribution in [1.82, 2.24) is 5.32 Å². The van der Waals surface area contributed by atoms with E-state index in [-0.39, 0.29) is 0 Å². The van der Waals surface area contributed by atoms with E-state index in [2.05, 4.69) is 53.8 Å². The van der Waals surface area contributed by atoms with Crippen molar-refractivity contribution < 1.29 is 0 Å². The molecule has 0 saturated heterocycles. The zero-order valence-electron chi connectivity index (χ0n) is 11.1. The molecule has 0 radical (unpaired) electrons. The largest absolute Gasteiger partial charge is 0.313 e. The van der Waals surface area contributed by atoms with Crippen LogP contribution in [0.5, 0.6) is 0 Å². The normalized spacial score (nSPS) is 17.1. The van der Waals surface area contributed by atoms with Gasteiger partial charge in [-0.3, -0.25) is 0 Å². The van der Waals surface area contributed by atoms with Gasteiger partial charge in [0.15, 0.2) is 0 Å². The minimum absolute atomic E-state index is 0.404. The minimum Gasteiger partial charge on any atom is -0.313 e. The molecule has 0 rings (SSSR count). The Kier molecular flexibility index (Phi) is 5.73. The predicted octanol–water partition coefficient (Wildman–Crippen LogP) is 3.69. The summed E-state index contributed by atoms with van der Waals surface area (Å²) < 4.78 is 0. The Labute approximate surface area is 90.7 Å². The number of hydrogen-bond acceptors (Lipinski definition) is 1. The fourth-order valence-corrected chi connectivity index (χ4v) is 1.18. The molecule has 86 valence electrons. The fraction of sp³-hybridized carbons (Fsp3) is 1.00. The van der Waals surface area contributed by atoms with Gasteiger partial charge in [0, 0.05) is 12.6 Å². The van der Waals surface area contributed by atoms with Gasteiger partial charge in [0.2, 0.25) is 0 Å². The Morgan fingerprint density at radius 3 is 1.93 bits per heavy atom. The lowest BCUT2D eigenvalue weighted by molar-refractivity contribution is 0.218. The molecule has 0 aromatic rings. The van der Waals surface area contributed by atoms with Crippen LogP contribution in [0.2, 0.25) is 0 Å². The monoisotopic (exact) mass is 199 g/mol. The Hall–Kier alpha value is -0.0400. The molecule has 0 heterocycles. The summed E-state index contributed by atoms with van der Waals surface area (Å²) in [6.45, 7) is 17.3. The summed E-state index contributed by atoms with van der Waals surface area (Å²) in [4.78, 5) is 0. The van der Waals surface area contributed by atoms with Crippen molar-refractivity contribution in [3.63, 3.8) is 0 Å². The van der Waals surface area contributed by atoms with E-state index in [0.29, 0.717) is 11.5 Å². The van der Waals surface area contributed by atoms with Crippen LogP contribution < -0.4 is 5.32 Å². The van der Waals surface area contributed by atoms with Crippen LogP contribution in [-0.2, 0) is 0 Å². The molecular weight excluding hydrogens is 170 g/mol. The molecule has 0 amide bonds. The number of rotatable bonds is 6. The van der Waals surface area contributed by atoms with E-state index in [4.69, 9.17) is 0 Å². The van der Waals surface area contributed by atoms with Crippen LogP contribution in [0.25, 0.3) is 0 Å². The van der Waals surface area contributed by atoms with Crippen molar-refractivity contribution in [2.24, 2.45) is 17.3 Å². The van der Waals surface area contributed by atoms with E-state index in [9.17, 15) is 0 Å². The second kappa shape index (κ2) is 5.75. The molecule has 0 aromatic carbocycles. The highest BCUT2D eigenvalue weighted by atomic mass is 14.9. The highest BCUT2D eigenvalue weighted by Crippen LogP contribution is 2.25. The van der Waals surface area contributed by atoms with E-state index >= 15 is 0 Å². The van der Waals surface area contributed by atoms with Crippen LogP contribution in [0.1, 0.15) is 54.9 Å². The van der Waals surface area contributed by atoms with Gasteiger partial charge in [0.1, 0.15) is 0 Å². The van der Waals surface area contributed by atoms with Gasteiger partial charge in [-0.2, -0.15) is 0 Å².